The van der Waals surface area contributed by atoms with E-state index in [4.69, 9.17) is 21.1 Å². The quantitative estimate of drug-likeness (QED) is 0.810. The predicted octanol–water partition coefficient (Wildman–Crippen LogP) is 4.37. The number of halogens is 1. The van der Waals surface area contributed by atoms with E-state index >= 15 is 0 Å². The van der Waals surface area contributed by atoms with E-state index in [2.05, 4.69) is 0 Å². The second-order valence-electron chi connectivity index (χ2n) is 4.96. The van der Waals surface area contributed by atoms with E-state index < -0.39 is 0 Å². The number of carbonyl (C=O) groups excluding carboxylic acids is 2. The van der Waals surface area contributed by atoms with Crippen molar-refractivity contribution in [2.45, 2.75) is 9.79 Å². The van der Waals surface area contributed by atoms with Crippen LogP contribution < -0.4 is 0 Å². The molecule has 2 aromatic rings. The molecule has 1 aliphatic rings. The predicted molar refractivity (Wildman–Crippen MR) is 91.7 cm³/mol. The molecule has 0 radical (unpaired) electrons. The van der Waals surface area contributed by atoms with Crippen LogP contribution in [0.4, 0.5) is 0 Å². The summed E-state index contributed by atoms with van der Waals surface area (Å²) in [5.41, 5.74) is 0.607. The Morgan fingerprint density at radius 2 is 1.50 bits per heavy atom. The van der Waals surface area contributed by atoms with Crippen molar-refractivity contribution < 1.29 is 19.1 Å². The van der Waals surface area contributed by atoms with Gasteiger partial charge >= 0.3 is 0 Å². The molecule has 0 aliphatic heterocycles. The number of allylic oxidation sites excluding steroid dienone is 2. The van der Waals surface area contributed by atoms with Gasteiger partial charge in [-0.2, -0.15) is 0 Å². The van der Waals surface area contributed by atoms with Gasteiger partial charge in [-0.1, -0.05) is 35.5 Å². The van der Waals surface area contributed by atoms with Gasteiger partial charge in [-0.05, 0) is 30.3 Å². The molecule has 2 aromatic carbocycles. The highest BCUT2D eigenvalue weighted by Crippen LogP contribution is 2.36. The summed E-state index contributed by atoms with van der Waals surface area (Å²) in [7, 11) is 2.68. The molecule has 4 nitrogen and oxygen atoms in total. The van der Waals surface area contributed by atoms with Crippen LogP contribution in [0, 0.1) is 0 Å². The van der Waals surface area contributed by atoms with E-state index in [9.17, 15) is 9.59 Å². The minimum Gasteiger partial charge on any atom is -0.489 e. The normalized spacial score (nSPS) is 13.8. The van der Waals surface area contributed by atoms with E-state index in [1.165, 1.54) is 26.0 Å². The van der Waals surface area contributed by atoms with Crippen LogP contribution in [0.2, 0.25) is 5.02 Å². The van der Waals surface area contributed by atoms with Crippen LogP contribution in [0.5, 0.6) is 0 Å². The average molecular weight is 361 g/mol. The van der Waals surface area contributed by atoms with Gasteiger partial charge in [0.05, 0.1) is 19.2 Å². The fourth-order valence-corrected chi connectivity index (χ4v) is 3.58. The van der Waals surface area contributed by atoms with Crippen molar-refractivity contribution in [1.29, 1.82) is 0 Å². The number of benzene rings is 2. The van der Waals surface area contributed by atoms with Gasteiger partial charge in [0.2, 0.25) is 23.1 Å². The van der Waals surface area contributed by atoms with Gasteiger partial charge in [0.1, 0.15) is 0 Å². The van der Waals surface area contributed by atoms with Crippen LogP contribution in [0.25, 0.3) is 0 Å². The van der Waals surface area contributed by atoms with E-state index in [-0.39, 0.29) is 23.1 Å². The van der Waals surface area contributed by atoms with Crippen molar-refractivity contribution in [3.8, 4) is 0 Å². The summed E-state index contributed by atoms with van der Waals surface area (Å²) in [4.78, 5) is 26.7. The molecule has 0 bridgehead atoms. The smallest absolute Gasteiger partial charge is 0.232 e. The van der Waals surface area contributed by atoms with E-state index in [0.717, 1.165) is 9.79 Å². The molecule has 6 heteroatoms. The van der Waals surface area contributed by atoms with E-state index in [1.807, 2.05) is 18.2 Å². The number of ketones is 2. The third-order valence-electron chi connectivity index (χ3n) is 3.57. The topological polar surface area (TPSA) is 52.6 Å². The molecular formula is C18H13ClO4S. The number of carbonyl (C=O) groups is 2. The molecule has 0 N–H and O–H groups in total. The highest BCUT2D eigenvalue weighted by molar-refractivity contribution is 7.99. The lowest BCUT2D eigenvalue weighted by Gasteiger charge is -2.19. The molecule has 0 aromatic heterocycles. The lowest BCUT2D eigenvalue weighted by Crippen LogP contribution is -2.24. The Hall–Kier alpha value is -2.24. The fourth-order valence-electron chi connectivity index (χ4n) is 2.45. The standard InChI is InChI=1S/C18H13ClO4S/c1-22-17-15(20)11-8-7-10(9-12(11)16(21)18(17)23-2)24-14-6-4-3-5-13(14)19/h3-9H,1-2H3. The van der Waals surface area contributed by atoms with Crippen LogP contribution in [0.1, 0.15) is 20.7 Å². The number of methoxy groups -OCH3 is 2. The summed E-state index contributed by atoms with van der Waals surface area (Å²) in [6.45, 7) is 0. The highest BCUT2D eigenvalue weighted by Gasteiger charge is 2.34. The number of rotatable bonds is 4. The van der Waals surface area contributed by atoms with Gasteiger partial charge < -0.3 is 9.47 Å². The molecule has 3 rings (SSSR count). The number of ether oxygens (including phenoxy) is 2. The molecule has 122 valence electrons. The van der Waals surface area contributed by atoms with Gasteiger partial charge in [-0.3, -0.25) is 9.59 Å². The number of Topliss-reactive ketones (excluding diaryl/α,β-unsaturated/α-hetero) is 2. The minimum atomic E-state index is -0.370. The Morgan fingerprint density at radius 3 is 2.12 bits per heavy atom. The summed E-state index contributed by atoms with van der Waals surface area (Å²) in [5.74, 6) is -0.875. The van der Waals surface area contributed by atoms with Gasteiger partial charge in [0, 0.05) is 20.9 Å². The summed E-state index contributed by atoms with van der Waals surface area (Å²) in [6, 6.07) is 12.5. The minimum absolute atomic E-state index is 0.0680. The number of hydrogen-bond donors (Lipinski definition) is 0. The fraction of sp³-hybridized carbons (Fsp3) is 0.111. The first-order chi connectivity index (χ1) is 11.6. The molecule has 0 heterocycles. The molecular weight excluding hydrogens is 348 g/mol. The maximum atomic E-state index is 12.6. The Kier molecular flexibility index (Phi) is 4.64. The molecule has 1 aliphatic carbocycles. The molecule has 0 saturated carbocycles. The molecule has 0 saturated heterocycles. The Balaban J connectivity index is 2.02. The van der Waals surface area contributed by atoms with Crippen molar-refractivity contribution >= 4 is 34.9 Å². The largest absolute Gasteiger partial charge is 0.489 e. The lowest BCUT2D eigenvalue weighted by atomic mass is 9.92. The van der Waals surface area contributed by atoms with Crippen molar-refractivity contribution in [3.05, 3.63) is 70.1 Å². The zero-order valence-corrected chi connectivity index (χ0v) is 14.5. The highest BCUT2D eigenvalue weighted by atomic mass is 35.5. The molecule has 0 amide bonds. The first-order valence-electron chi connectivity index (χ1n) is 7.05. The van der Waals surface area contributed by atoms with Crippen LogP contribution in [0.15, 0.2) is 63.8 Å². The second-order valence-corrected chi connectivity index (χ2v) is 6.49. The van der Waals surface area contributed by atoms with Crippen molar-refractivity contribution in [1.82, 2.24) is 0 Å². The average Bonchev–Trinajstić information content (AvgIpc) is 2.59. The molecule has 0 fully saturated rings. The lowest BCUT2D eigenvalue weighted by molar-refractivity contribution is 0.0829. The zero-order chi connectivity index (χ0) is 17.3. The van der Waals surface area contributed by atoms with Crippen molar-refractivity contribution in [2.24, 2.45) is 0 Å². The Labute approximate surface area is 148 Å². The first kappa shape index (κ1) is 16.6. The Morgan fingerprint density at radius 1 is 0.875 bits per heavy atom. The SMILES string of the molecule is COC1=C(OC)C(=O)c2cc(Sc3ccccc3Cl)ccc2C1=O. The van der Waals surface area contributed by atoms with Crippen LogP contribution in [-0.2, 0) is 9.47 Å². The Bertz CT molecular complexity index is 873. The number of hydrogen-bond acceptors (Lipinski definition) is 5. The van der Waals surface area contributed by atoms with E-state index in [1.54, 1.807) is 24.3 Å². The third-order valence-corrected chi connectivity index (χ3v) is 5.08. The van der Waals surface area contributed by atoms with Gasteiger partial charge in [0.25, 0.3) is 0 Å². The van der Waals surface area contributed by atoms with Crippen LogP contribution in [0.3, 0.4) is 0 Å². The molecule has 0 atom stereocenters. The molecule has 0 unspecified atom stereocenters. The second kappa shape index (κ2) is 6.71. The first-order valence-corrected chi connectivity index (χ1v) is 8.24. The summed E-state index contributed by atoms with van der Waals surface area (Å²) >= 11 is 7.59. The summed E-state index contributed by atoms with van der Waals surface area (Å²) in [5, 5.41) is 0.627. The van der Waals surface area contributed by atoms with Gasteiger partial charge in [-0.25, -0.2) is 0 Å². The monoisotopic (exact) mass is 360 g/mol. The van der Waals surface area contributed by atoms with Crippen molar-refractivity contribution in [2.75, 3.05) is 14.2 Å². The maximum absolute atomic E-state index is 12.6. The third kappa shape index (κ3) is 2.81. The summed E-state index contributed by atoms with van der Waals surface area (Å²) < 4.78 is 10.1. The molecule has 0 spiro atoms. The van der Waals surface area contributed by atoms with Crippen LogP contribution in [-0.4, -0.2) is 25.8 Å². The van der Waals surface area contributed by atoms with E-state index in [0.29, 0.717) is 16.1 Å². The van der Waals surface area contributed by atoms with Gasteiger partial charge in [-0.15, -0.1) is 0 Å². The summed E-state index contributed by atoms with van der Waals surface area (Å²) in [6.07, 6.45) is 0. The number of fused-ring (bicyclic) bond motifs is 1. The zero-order valence-electron chi connectivity index (χ0n) is 13.0. The maximum Gasteiger partial charge on any atom is 0.232 e. The van der Waals surface area contributed by atoms with Gasteiger partial charge in [0.15, 0.2) is 0 Å². The molecule has 24 heavy (non-hydrogen) atoms. The van der Waals surface area contributed by atoms with Crippen LogP contribution >= 0.6 is 23.4 Å². The van der Waals surface area contributed by atoms with Crippen molar-refractivity contribution in [3.63, 3.8) is 0 Å².